The quantitative estimate of drug-likeness (QED) is 0.350. The van der Waals surface area contributed by atoms with E-state index in [2.05, 4.69) is 17.1 Å². The molecule has 0 unspecified atom stereocenters. The molecule has 4 rings (SSSR count). The third kappa shape index (κ3) is 5.05. The Morgan fingerprint density at radius 1 is 0.938 bits per heavy atom. The van der Waals surface area contributed by atoms with Gasteiger partial charge in [-0.15, -0.1) is 0 Å². The van der Waals surface area contributed by atoms with Gasteiger partial charge in [-0.1, -0.05) is 42.5 Å². The molecule has 160 valence electrons. The number of aliphatic imine (C=N–C) groups is 1. The summed E-state index contributed by atoms with van der Waals surface area (Å²) >= 11 is 0. The number of hydrogen-bond donors (Lipinski definition) is 1. The van der Waals surface area contributed by atoms with Crippen LogP contribution in [-0.2, 0) is 6.61 Å². The van der Waals surface area contributed by atoms with Gasteiger partial charge in [0.25, 0.3) is 0 Å². The Bertz CT molecular complexity index is 1230. The van der Waals surface area contributed by atoms with Gasteiger partial charge in [-0.25, -0.2) is 4.79 Å². The summed E-state index contributed by atoms with van der Waals surface area (Å²) in [6, 6.07) is 26.7. The molecule has 6 heteroatoms. The predicted molar refractivity (Wildman–Crippen MR) is 122 cm³/mol. The second-order valence-electron chi connectivity index (χ2n) is 6.94. The van der Waals surface area contributed by atoms with Gasteiger partial charge in [0.2, 0.25) is 5.76 Å². The minimum atomic E-state index is -1.12. The van der Waals surface area contributed by atoms with Crippen molar-refractivity contribution in [2.45, 2.75) is 6.61 Å². The average Bonchev–Trinajstić information content (AvgIpc) is 3.32. The lowest BCUT2D eigenvalue weighted by Gasteiger charge is -2.10. The zero-order chi connectivity index (χ0) is 22.3. The molecule has 0 atom stereocenters. The molecule has 32 heavy (non-hydrogen) atoms. The maximum Gasteiger partial charge on any atom is 0.371 e. The third-order valence-corrected chi connectivity index (χ3v) is 4.77. The number of methoxy groups -OCH3 is 1. The highest BCUT2D eigenvalue weighted by Gasteiger charge is 2.11. The van der Waals surface area contributed by atoms with E-state index in [-0.39, 0.29) is 12.4 Å². The van der Waals surface area contributed by atoms with E-state index in [1.807, 2.05) is 54.6 Å². The number of nitrogens with zero attached hydrogens (tertiary/aromatic N) is 1. The van der Waals surface area contributed by atoms with Crippen LogP contribution in [0.5, 0.6) is 11.5 Å². The molecule has 0 amide bonds. The van der Waals surface area contributed by atoms with Crippen LogP contribution in [0.1, 0.15) is 21.9 Å². The number of furan rings is 1. The Kier molecular flexibility index (Phi) is 6.32. The molecule has 0 saturated heterocycles. The van der Waals surface area contributed by atoms with Crippen LogP contribution in [-0.4, -0.2) is 24.4 Å². The second kappa shape index (κ2) is 9.66. The standard InChI is InChI=1S/C26H21NO5/c1-30-25-15-18(7-13-23(25)31-17-22-12-14-24(32-22)26(28)29)16-27-21-10-8-20(9-11-21)19-5-3-2-4-6-19/h2-16H,17H2,1H3,(H,28,29). The van der Waals surface area contributed by atoms with E-state index in [1.54, 1.807) is 25.5 Å². The first-order valence-corrected chi connectivity index (χ1v) is 9.95. The Hall–Kier alpha value is -4.32. The lowest BCUT2D eigenvalue weighted by molar-refractivity contribution is 0.0658. The smallest absolute Gasteiger partial charge is 0.371 e. The number of carbonyl (C=O) groups is 1. The van der Waals surface area contributed by atoms with Crippen LogP contribution in [0.25, 0.3) is 11.1 Å². The third-order valence-electron chi connectivity index (χ3n) is 4.77. The maximum absolute atomic E-state index is 10.9. The number of aromatic carboxylic acids is 1. The molecule has 1 aromatic heterocycles. The molecule has 0 fully saturated rings. The molecule has 0 aliphatic carbocycles. The molecular weight excluding hydrogens is 406 g/mol. The van der Waals surface area contributed by atoms with Crippen molar-refractivity contribution in [3.8, 4) is 22.6 Å². The summed E-state index contributed by atoms with van der Waals surface area (Å²) in [5.74, 6) is 0.226. The zero-order valence-corrected chi connectivity index (χ0v) is 17.4. The lowest BCUT2D eigenvalue weighted by Crippen LogP contribution is -1.98. The Labute approximate surface area is 185 Å². The van der Waals surface area contributed by atoms with Crippen LogP contribution >= 0.6 is 0 Å². The number of carboxylic acids is 1. The number of rotatable bonds is 8. The van der Waals surface area contributed by atoms with Crippen molar-refractivity contribution in [2.75, 3.05) is 7.11 Å². The first-order chi connectivity index (χ1) is 15.6. The van der Waals surface area contributed by atoms with E-state index in [9.17, 15) is 4.79 Å². The minimum Gasteiger partial charge on any atom is -0.493 e. The molecule has 0 aliphatic heterocycles. The van der Waals surface area contributed by atoms with Gasteiger partial charge in [0.1, 0.15) is 12.4 Å². The molecule has 0 saturated carbocycles. The number of hydrogen-bond acceptors (Lipinski definition) is 5. The van der Waals surface area contributed by atoms with Crippen molar-refractivity contribution in [1.82, 2.24) is 0 Å². The first kappa shape index (κ1) is 20.9. The molecule has 1 N–H and O–H groups in total. The molecule has 0 aliphatic rings. The van der Waals surface area contributed by atoms with Gasteiger partial charge < -0.3 is 19.0 Å². The van der Waals surface area contributed by atoms with E-state index in [1.165, 1.54) is 6.07 Å². The van der Waals surface area contributed by atoms with Crippen molar-refractivity contribution in [2.24, 2.45) is 4.99 Å². The number of ether oxygens (including phenoxy) is 2. The molecule has 1 heterocycles. The van der Waals surface area contributed by atoms with E-state index < -0.39 is 5.97 Å². The summed E-state index contributed by atoms with van der Waals surface area (Å²) in [5.41, 5.74) is 4.00. The Balaban J connectivity index is 1.42. The fourth-order valence-corrected chi connectivity index (χ4v) is 3.12. The van der Waals surface area contributed by atoms with Gasteiger partial charge >= 0.3 is 5.97 Å². The second-order valence-corrected chi connectivity index (χ2v) is 6.94. The highest BCUT2D eigenvalue weighted by Crippen LogP contribution is 2.29. The van der Waals surface area contributed by atoms with E-state index in [0.717, 1.165) is 22.4 Å². The van der Waals surface area contributed by atoms with Gasteiger partial charge in [-0.2, -0.15) is 0 Å². The normalized spacial score (nSPS) is 10.9. The van der Waals surface area contributed by atoms with Gasteiger partial charge in [-0.05, 0) is 59.2 Å². The summed E-state index contributed by atoms with van der Waals surface area (Å²) in [5, 5.41) is 8.93. The summed E-state index contributed by atoms with van der Waals surface area (Å²) in [6.45, 7) is 0.0881. The molecule has 6 nitrogen and oxygen atoms in total. The largest absolute Gasteiger partial charge is 0.493 e. The lowest BCUT2D eigenvalue weighted by atomic mass is 10.1. The highest BCUT2D eigenvalue weighted by atomic mass is 16.5. The van der Waals surface area contributed by atoms with Crippen molar-refractivity contribution < 1.29 is 23.8 Å². The maximum atomic E-state index is 10.9. The van der Waals surface area contributed by atoms with Gasteiger partial charge in [0, 0.05) is 6.21 Å². The number of carboxylic acid groups (broad SMARTS) is 1. The summed E-state index contributed by atoms with van der Waals surface area (Å²) in [4.78, 5) is 15.4. The molecule has 4 aromatic rings. The molecule has 0 spiro atoms. The molecule has 3 aromatic carbocycles. The van der Waals surface area contributed by atoms with Crippen LogP contribution < -0.4 is 9.47 Å². The monoisotopic (exact) mass is 427 g/mol. The average molecular weight is 427 g/mol. The van der Waals surface area contributed by atoms with Gasteiger partial charge in [0.15, 0.2) is 11.5 Å². The molecule has 0 radical (unpaired) electrons. The van der Waals surface area contributed by atoms with E-state index >= 15 is 0 Å². The van der Waals surface area contributed by atoms with Crippen LogP contribution in [0.2, 0.25) is 0 Å². The first-order valence-electron chi connectivity index (χ1n) is 9.95. The Morgan fingerprint density at radius 3 is 2.38 bits per heavy atom. The van der Waals surface area contributed by atoms with Gasteiger partial charge in [0.05, 0.1) is 12.8 Å². The Morgan fingerprint density at radius 2 is 1.69 bits per heavy atom. The fourth-order valence-electron chi connectivity index (χ4n) is 3.12. The van der Waals surface area contributed by atoms with Crippen molar-refractivity contribution in [3.63, 3.8) is 0 Å². The van der Waals surface area contributed by atoms with Gasteiger partial charge in [-0.3, -0.25) is 4.99 Å². The SMILES string of the molecule is COc1cc(C=Nc2ccc(-c3ccccc3)cc2)ccc1OCc1ccc(C(=O)O)o1. The highest BCUT2D eigenvalue weighted by molar-refractivity contribution is 5.84. The summed E-state index contributed by atoms with van der Waals surface area (Å²) in [6.07, 6.45) is 1.76. The van der Waals surface area contributed by atoms with Crippen LogP contribution in [0.3, 0.4) is 0 Å². The summed E-state index contributed by atoms with van der Waals surface area (Å²) in [7, 11) is 1.56. The van der Waals surface area contributed by atoms with E-state index in [4.69, 9.17) is 19.0 Å². The zero-order valence-electron chi connectivity index (χ0n) is 17.4. The van der Waals surface area contributed by atoms with Crippen molar-refractivity contribution in [1.29, 1.82) is 0 Å². The van der Waals surface area contributed by atoms with Crippen LogP contribution in [0.4, 0.5) is 5.69 Å². The van der Waals surface area contributed by atoms with Crippen LogP contribution in [0, 0.1) is 0 Å². The topological polar surface area (TPSA) is 81.3 Å². The van der Waals surface area contributed by atoms with Crippen LogP contribution in [0.15, 0.2) is 94.3 Å². The molecule has 0 bridgehead atoms. The van der Waals surface area contributed by atoms with Crippen molar-refractivity contribution in [3.05, 3.63) is 102 Å². The number of benzene rings is 3. The van der Waals surface area contributed by atoms with E-state index in [0.29, 0.717) is 17.3 Å². The minimum absolute atomic E-state index is 0.0881. The van der Waals surface area contributed by atoms with Crippen molar-refractivity contribution >= 4 is 17.9 Å². The predicted octanol–water partition coefficient (Wildman–Crippen LogP) is 5.98. The fraction of sp³-hybridized carbons (Fsp3) is 0.0769. The summed E-state index contributed by atoms with van der Waals surface area (Å²) < 4.78 is 16.3. The molecular formula is C26H21NO5.